The van der Waals surface area contributed by atoms with Crippen LogP contribution >= 0.6 is 0 Å². The van der Waals surface area contributed by atoms with Gasteiger partial charge in [0.25, 0.3) is 0 Å². The molecule has 2 aromatic heterocycles. The van der Waals surface area contributed by atoms with Crippen LogP contribution in [0.15, 0.2) is 66.9 Å². The molecule has 3 heterocycles. The number of benzene rings is 3. The van der Waals surface area contributed by atoms with Crippen LogP contribution in [0.1, 0.15) is 80.1 Å². The molecule has 1 aliphatic heterocycles. The van der Waals surface area contributed by atoms with Crippen LogP contribution in [0.5, 0.6) is 0 Å². The molecule has 0 fully saturated rings. The lowest BCUT2D eigenvalue weighted by Gasteiger charge is -2.20. The van der Waals surface area contributed by atoms with Crippen LogP contribution < -0.4 is 0 Å². The summed E-state index contributed by atoms with van der Waals surface area (Å²) in [4.78, 5) is 23.0. The minimum Gasteiger partial charge on any atom is -0.456 e. The summed E-state index contributed by atoms with van der Waals surface area (Å²) in [5.41, 5.74) is 8.68. The van der Waals surface area contributed by atoms with Crippen molar-refractivity contribution in [2.45, 2.75) is 85.4 Å². The van der Waals surface area contributed by atoms with Crippen molar-refractivity contribution in [2.24, 2.45) is 0 Å². The monoisotopic (exact) mass is 560 g/mol. The van der Waals surface area contributed by atoms with E-state index >= 15 is 0 Å². The van der Waals surface area contributed by atoms with Crippen molar-refractivity contribution < 1.29 is 9.53 Å². The summed E-state index contributed by atoms with van der Waals surface area (Å²) in [5, 5.41) is 0. The molecule has 1 aliphatic rings. The largest absolute Gasteiger partial charge is 0.456 e. The van der Waals surface area contributed by atoms with E-state index in [0.29, 0.717) is 5.56 Å². The van der Waals surface area contributed by atoms with E-state index in [1.807, 2.05) is 45.0 Å². The second-order valence-electron chi connectivity index (χ2n) is 12.5. The molecule has 216 valence electrons. The van der Waals surface area contributed by atoms with Gasteiger partial charge in [-0.3, -0.25) is 0 Å². The molecule has 0 saturated heterocycles. The van der Waals surface area contributed by atoms with E-state index in [4.69, 9.17) is 14.7 Å². The van der Waals surface area contributed by atoms with Crippen LogP contribution in [0.25, 0.3) is 33.4 Å². The molecule has 0 saturated carbocycles. The lowest BCUT2D eigenvalue weighted by Crippen LogP contribution is -2.24. The predicted octanol–water partition coefficient (Wildman–Crippen LogP) is 8.17. The standard InChI is InChI=1S/C36H40N4O2/c1-6-11-33-38-34-24(2)20-27(30-23-39-19-10-9-14-32(39)37-30)21-31(34)40(33)22-25-15-17-26(18-16-25)28-12-7-8-13-29(28)35(41)42-36(3,4)5/h7-8,12-13,15-18,20-21,23H,6,9-11,14,19,22H2,1-5H3. The van der Waals surface area contributed by atoms with Crippen LogP contribution in [-0.4, -0.2) is 30.7 Å². The Bertz CT molecular complexity index is 1730. The number of rotatable bonds is 7. The molecular weight excluding hydrogens is 520 g/mol. The zero-order chi connectivity index (χ0) is 29.4. The van der Waals surface area contributed by atoms with E-state index in [0.717, 1.165) is 71.6 Å². The Hall–Kier alpha value is -4.19. The number of hydrogen-bond donors (Lipinski definition) is 0. The molecule has 0 unspecified atom stereocenters. The first kappa shape index (κ1) is 28.0. The molecule has 0 amide bonds. The van der Waals surface area contributed by atoms with Crippen LogP contribution in [0.3, 0.4) is 0 Å². The maximum atomic E-state index is 12.9. The molecule has 0 aliphatic carbocycles. The maximum absolute atomic E-state index is 12.9. The van der Waals surface area contributed by atoms with E-state index < -0.39 is 5.60 Å². The van der Waals surface area contributed by atoms with Crippen molar-refractivity contribution in [2.75, 3.05) is 0 Å². The summed E-state index contributed by atoms with van der Waals surface area (Å²) < 4.78 is 10.4. The Morgan fingerprint density at radius 1 is 0.976 bits per heavy atom. The number of ether oxygens (including phenoxy) is 1. The number of fused-ring (bicyclic) bond motifs is 2. The summed E-state index contributed by atoms with van der Waals surface area (Å²) in [7, 11) is 0. The van der Waals surface area contributed by atoms with Gasteiger partial charge in [-0.2, -0.15) is 0 Å². The van der Waals surface area contributed by atoms with Crippen molar-refractivity contribution in [3.63, 3.8) is 0 Å². The second kappa shape index (κ2) is 11.2. The third kappa shape index (κ3) is 5.63. The Kier molecular flexibility index (Phi) is 7.48. The van der Waals surface area contributed by atoms with Gasteiger partial charge in [0.15, 0.2) is 0 Å². The second-order valence-corrected chi connectivity index (χ2v) is 12.5. The first-order chi connectivity index (χ1) is 20.2. The van der Waals surface area contributed by atoms with Gasteiger partial charge in [-0.15, -0.1) is 0 Å². The highest BCUT2D eigenvalue weighted by Gasteiger charge is 2.21. The smallest absolute Gasteiger partial charge is 0.339 e. The quantitative estimate of drug-likeness (QED) is 0.188. The Labute approximate surface area is 248 Å². The van der Waals surface area contributed by atoms with Gasteiger partial charge in [0.05, 0.1) is 22.3 Å². The Balaban J connectivity index is 1.34. The van der Waals surface area contributed by atoms with Crippen molar-refractivity contribution in [1.82, 2.24) is 19.1 Å². The zero-order valence-corrected chi connectivity index (χ0v) is 25.4. The number of aromatic nitrogens is 4. The van der Waals surface area contributed by atoms with E-state index in [-0.39, 0.29) is 5.97 Å². The molecule has 42 heavy (non-hydrogen) atoms. The summed E-state index contributed by atoms with van der Waals surface area (Å²) in [6, 6.07) is 20.7. The molecule has 0 N–H and O–H groups in total. The number of nitrogens with zero attached hydrogens (tertiary/aromatic N) is 4. The first-order valence-corrected chi connectivity index (χ1v) is 15.2. The average Bonchev–Trinajstić information content (AvgIpc) is 3.55. The summed E-state index contributed by atoms with van der Waals surface area (Å²) in [6.45, 7) is 11.8. The van der Waals surface area contributed by atoms with Gasteiger partial charge in [0.1, 0.15) is 17.2 Å². The fraction of sp³-hybridized carbons (Fsp3) is 0.361. The molecule has 6 heteroatoms. The number of imidazole rings is 2. The fourth-order valence-corrected chi connectivity index (χ4v) is 5.95. The summed E-state index contributed by atoms with van der Waals surface area (Å²) >= 11 is 0. The molecule has 6 rings (SSSR count). The van der Waals surface area contributed by atoms with Crippen molar-refractivity contribution in [3.8, 4) is 22.4 Å². The molecule has 3 aromatic carbocycles. The number of hydrogen-bond acceptors (Lipinski definition) is 4. The molecular formula is C36H40N4O2. The maximum Gasteiger partial charge on any atom is 0.339 e. The highest BCUT2D eigenvalue weighted by molar-refractivity contribution is 5.97. The average molecular weight is 561 g/mol. The van der Waals surface area contributed by atoms with Gasteiger partial charge >= 0.3 is 5.97 Å². The SMILES string of the molecule is CCCc1nc2c(C)cc(-c3cn4c(n3)CCCC4)cc2n1Cc1ccc(-c2ccccc2C(=O)OC(C)(C)C)cc1. The Morgan fingerprint density at radius 3 is 2.50 bits per heavy atom. The van der Waals surface area contributed by atoms with Gasteiger partial charge < -0.3 is 13.9 Å². The molecule has 0 atom stereocenters. The number of carbonyl (C=O) groups excluding carboxylic acids is 1. The van der Waals surface area contributed by atoms with Gasteiger partial charge in [-0.25, -0.2) is 14.8 Å². The molecule has 6 nitrogen and oxygen atoms in total. The van der Waals surface area contributed by atoms with Crippen LogP contribution in [0.4, 0.5) is 0 Å². The zero-order valence-electron chi connectivity index (χ0n) is 25.4. The van der Waals surface area contributed by atoms with E-state index in [9.17, 15) is 4.79 Å². The van der Waals surface area contributed by atoms with Crippen LogP contribution in [0.2, 0.25) is 0 Å². The summed E-state index contributed by atoms with van der Waals surface area (Å²) in [6.07, 6.45) is 7.66. The van der Waals surface area contributed by atoms with E-state index in [1.165, 1.54) is 29.8 Å². The first-order valence-electron chi connectivity index (χ1n) is 15.2. The number of aryl methyl sites for hydroxylation is 4. The highest BCUT2D eigenvalue weighted by atomic mass is 16.6. The topological polar surface area (TPSA) is 61.9 Å². The third-order valence-electron chi connectivity index (χ3n) is 7.95. The number of esters is 1. The van der Waals surface area contributed by atoms with Crippen LogP contribution in [0, 0.1) is 6.92 Å². The van der Waals surface area contributed by atoms with Crippen molar-refractivity contribution in [1.29, 1.82) is 0 Å². The van der Waals surface area contributed by atoms with Gasteiger partial charge in [0.2, 0.25) is 0 Å². The van der Waals surface area contributed by atoms with E-state index in [2.05, 4.69) is 65.6 Å². The third-order valence-corrected chi connectivity index (χ3v) is 7.95. The van der Waals surface area contributed by atoms with Gasteiger partial charge in [-0.1, -0.05) is 49.4 Å². The normalized spacial score (nSPS) is 13.4. The molecule has 0 bridgehead atoms. The van der Waals surface area contributed by atoms with Gasteiger partial charge in [-0.05, 0) is 87.4 Å². The fourth-order valence-electron chi connectivity index (χ4n) is 5.95. The molecule has 0 spiro atoms. The minimum atomic E-state index is -0.548. The summed E-state index contributed by atoms with van der Waals surface area (Å²) in [5.74, 6) is 2.00. The van der Waals surface area contributed by atoms with Crippen molar-refractivity contribution >= 4 is 17.0 Å². The Morgan fingerprint density at radius 2 is 1.76 bits per heavy atom. The lowest BCUT2D eigenvalue weighted by atomic mass is 9.98. The van der Waals surface area contributed by atoms with Crippen LogP contribution in [-0.2, 0) is 30.7 Å². The van der Waals surface area contributed by atoms with Crippen molar-refractivity contribution in [3.05, 3.63) is 95.2 Å². The lowest BCUT2D eigenvalue weighted by molar-refractivity contribution is 0.00704. The predicted molar refractivity (Wildman–Crippen MR) is 169 cm³/mol. The number of carbonyl (C=O) groups is 1. The highest BCUT2D eigenvalue weighted by Crippen LogP contribution is 2.31. The minimum absolute atomic E-state index is 0.305. The van der Waals surface area contributed by atoms with E-state index in [1.54, 1.807) is 0 Å². The molecule has 0 radical (unpaired) electrons. The van der Waals surface area contributed by atoms with Gasteiger partial charge in [0, 0.05) is 37.7 Å². The molecule has 5 aromatic rings.